The van der Waals surface area contributed by atoms with Crippen molar-refractivity contribution in [1.82, 2.24) is 4.90 Å². The third kappa shape index (κ3) is 2.59. The Bertz CT molecular complexity index is 644. The van der Waals surface area contributed by atoms with E-state index in [9.17, 15) is 9.90 Å². The minimum atomic E-state index is -0.730. The van der Waals surface area contributed by atoms with E-state index in [2.05, 4.69) is 0 Å². The topological polar surface area (TPSA) is 68.2 Å². The zero-order valence-electron chi connectivity index (χ0n) is 13.9. The average Bonchev–Trinajstić information content (AvgIpc) is 3.08. The standard InChI is InChI=1S/C18H23NO5/c1-12-8-19(10-18(12,21)13-3-2-4-13)17(20)9-22-14-5-6-15-16(7-14)24-11-23-15/h5-7,12-13,21H,2-4,8-11H2,1H3/t12-,18+/m1/s1. The highest BCUT2D eigenvalue weighted by molar-refractivity contribution is 5.78. The van der Waals surface area contributed by atoms with Crippen LogP contribution in [0.5, 0.6) is 17.2 Å². The van der Waals surface area contributed by atoms with Crippen molar-refractivity contribution in [3.05, 3.63) is 18.2 Å². The van der Waals surface area contributed by atoms with Crippen molar-refractivity contribution < 1.29 is 24.1 Å². The molecule has 1 N–H and O–H groups in total. The smallest absolute Gasteiger partial charge is 0.260 e. The molecule has 2 fully saturated rings. The summed E-state index contributed by atoms with van der Waals surface area (Å²) in [6.07, 6.45) is 3.31. The van der Waals surface area contributed by atoms with Crippen molar-refractivity contribution in [3.8, 4) is 17.2 Å². The third-order valence-electron chi connectivity index (χ3n) is 5.66. The van der Waals surface area contributed by atoms with Crippen molar-refractivity contribution >= 4 is 5.91 Å². The number of β-amino-alcohol motifs (C(OH)–C–C–N with tert-alkyl or cyclic N) is 1. The van der Waals surface area contributed by atoms with Gasteiger partial charge in [-0.25, -0.2) is 0 Å². The zero-order valence-corrected chi connectivity index (χ0v) is 13.9. The second kappa shape index (κ2) is 5.84. The van der Waals surface area contributed by atoms with Gasteiger partial charge in [-0.2, -0.15) is 0 Å². The van der Waals surface area contributed by atoms with Crippen LogP contribution in [0, 0.1) is 11.8 Å². The van der Waals surface area contributed by atoms with Gasteiger partial charge in [-0.1, -0.05) is 13.3 Å². The Morgan fingerprint density at radius 2 is 2.17 bits per heavy atom. The summed E-state index contributed by atoms with van der Waals surface area (Å²) in [6, 6.07) is 5.26. The predicted molar refractivity (Wildman–Crippen MR) is 86.1 cm³/mol. The first-order chi connectivity index (χ1) is 11.6. The number of benzene rings is 1. The lowest BCUT2D eigenvalue weighted by Gasteiger charge is -2.41. The molecule has 1 saturated heterocycles. The van der Waals surface area contributed by atoms with Crippen LogP contribution in [0.25, 0.3) is 0 Å². The normalized spacial score (nSPS) is 28.8. The number of rotatable bonds is 4. The van der Waals surface area contributed by atoms with Crippen LogP contribution >= 0.6 is 0 Å². The van der Waals surface area contributed by atoms with Gasteiger partial charge < -0.3 is 24.2 Å². The minimum Gasteiger partial charge on any atom is -0.484 e. The van der Waals surface area contributed by atoms with E-state index in [0.29, 0.717) is 36.3 Å². The summed E-state index contributed by atoms with van der Waals surface area (Å²) in [5.74, 6) is 2.25. The van der Waals surface area contributed by atoms with Crippen molar-refractivity contribution in [2.45, 2.75) is 31.8 Å². The molecule has 4 rings (SSSR count). The van der Waals surface area contributed by atoms with Gasteiger partial charge in [0.2, 0.25) is 6.79 Å². The molecule has 6 heteroatoms. The number of amides is 1. The van der Waals surface area contributed by atoms with Crippen LogP contribution in [0.3, 0.4) is 0 Å². The number of hydrogen-bond acceptors (Lipinski definition) is 5. The highest BCUT2D eigenvalue weighted by atomic mass is 16.7. The van der Waals surface area contributed by atoms with Gasteiger partial charge in [-0.3, -0.25) is 4.79 Å². The summed E-state index contributed by atoms with van der Waals surface area (Å²) >= 11 is 0. The number of ether oxygens (including phenoxy) is 3. The summed E-state index contributed by atoms with van der Waals surface area (Å²) in [7, 11) is 0. The zero-order chi connectivity index (χ0) is 16.7. The van der Waals surface area contributed by atoms with Gasteiger partial charge in [0.15, 0.2) is 18.1 Å². The van der Waals surface area contributed by atoms with Crippen LogP contribution in [0.15, 0.2) is 18.2 Å². The maximum absolute atomic E-state index is 12.4. The quantitative estimate of drug-likeness (QED) is 0.910. The van der Waals surface area contributed by atoms with Gasteiger partial charge in [0.25, 0.3) is 5.91 Å². The number of carbonyl (C=O) groups is 1. The van der Waals surface area contributed by atoms with Crippen LogP contribution in [-0.4, -0.2) is 48.0 Å². The van der Waals surface area contributed by atoms with Crippen LogP contribution in [0.4, 0.5) is 0 Å². The summed E-state index contributed by atoms with van der Waals surface area (Å²) in [5.41, 5.74) is -0.730. The van der Waals surface area contributed by atoms with Gasteiger partial charge in [-0.05, 0) is 30.9 Å². The van der Waals surface area contributed by atoms with Gasteiger partial charge in [0, 0.05) is 18.5 Å². The number of nitrogens with zero attached hydrogens (tertiary/aromatic N) is 1. The van der Waals surface area contributed by atoms with E-state index in [1.54, 1.807) is 23.1 Å². The lowest BCUT2D eigenvalue weighted by atomic mass is 9.69. The Labute approximate surface area is 141 Å². The van der Waals surface area contributed by atoms with Crippen LogP contribution in [0.2, 0.25) is 0 Å². The van der Waals surface area contributed by atoms with Crippen LogP contribution in [-0.2, 0) is 4.79 Å². The molecule has 0 aromatic heterocycles. The lowest BCUT2D eigenvalue weighted by Crippen LogP contribution is -2.48. The summed E-state index contributed by atoms with van der Waals surface area (Å²) in [5, 5.41) is 10.9. The van der Waals surface area contributed by atoms with Gasteiger partial charge in [0.1, 0.15) is 5.75 Å². The summed E-state index contributed by atoms with van der Waals surface area (Å²) in [4.78, 5) is 14.2. The monoisotopic (exact) mass is 333 g/mol. The predicted octanol–water partition coefficient (Wildman–Crippen LogP) is 1.80. The van der Waals surface area contributed by atoms with Gasteiger partial charge in [0.05, 0.1) is 12.1 Å². The maximum Gasteiger partial charge on any atom is 0.260 e. The summed E-state index contributed by atoms with van der Waals surface area (Å²) < 4.78 is 16.2. The molecule has 1 aliphatic carbocycles. The second-order valence-electron chi connectivity index (χ2n) is 7.10. The number of fused-ring (bicyclic) bond motifs is 1. The molecule has 1 aromatic carbocycles. The Morgan fingerprint density at radius 1 is 1.38 bits per heavy atom. The van der Waals surface area contributed by atoms with E-state index < -0.39 is 5.60 Å². The highest BCUT2D eigenvalue weighted by Crippen LogP contribution is 2.44. The Kier molecular flexibility index (Phi) is 3.79. The van der Waals surface area contributed by atoms with E-state index in [1.807, 2.05) is 6.92 Å². The van der Waals surface area contributed by atoms with Gasteiger partial charge in [-0.15, -0.1) is 0 Å². The molecule has 0 radical (unpaired) electrons. The van der Waals surface area contributed by atoms with Crippen LogP contribution < -0.4 is 14.2 Å². The molecular formula is C18H23NO5. The highest BCUT2D eigenvalue weighted by Gasteiger charge is 2.50. The molecule has 0 spiro atoms. The molecule has 0 bridgehead atoms. The largest absolute Gasteiger partial charge is 0.484 e. The minimum absolute atomic E-state index is 0.0346. The fourth-order valence-corrected chi connectivity index (χ4v) is 3.85. The lowest BCUT2D eigenvalue weighted by molar-refractivity contribution is -0.134. The molecule has 2 aliphatic heterocycles. The average molecular weight is 333 g/mol. The Balaban J connectivity index is 1.35. The second-order valence-corrected chi connectivity index (χ2v) is 7.10. The van der Waals surface area contributed by atoms with Crippen LogP contribution in [0.1, 0.15) is 26.2 Å². The van der Waals surface area contributed by atoms with Gasteiger partial charge >= 0.3 is 0 Å². The molecule has 0 unspecified atom stereocenters. The number of hydrogen-bond donors (Lipinski definition) is 1. The van der Waals surface area contributed by atoms with Crippen molar-refractivity contribution in [2.75, 3.05) is 26.5 Å². The molecule has 6 nitrogen and oxygen atoms in total. The number of likely N-dealkylation sites (tertiary alicyclic amines) is 1. The Morgan fingerprint density at radius 3 is 2.92 bits per heavy atom. The molecule has 1 saturated carbocycles. The molecule has 1 amide bonds. The van der Waals surface area contributed by atoms with Crippen molar-refractivity contribution in [2.24, 2.45) is 11.8 Å². The molecule has 2 atom stereocenters. The number of carbonyl (C=O) groups excluding carboxylic acids is 1. The summed E-state index contributed by atoms with van der Waals surface area (Å²) in [6.45, 7) is 3.22. The maximum atomic E-state index is 12.4. The molecule has 130 valence electrons. The Hall–Kier alpha value is -1.95. The van der Waals surface area contributed by atoms with E-state index in [1.165, 1.54) is 6.42 Å². The molecule has 3 aliphatic rings. The van der Waals surface area contributed by atoms with E-state index in [0.717, 1.165) is 12.8 Å². The first-order valence-electron chi connectivity index (χ1n) is 8.59. The van der Waals surface area contributed by atoms with E-state index in [-0.39, 0.29) is 25.2 Å². The van der Waals surface area contributed by atoms with Crippen molar-refractivity contribution in [1.29, 1.82) is 0 Å². The SMILES string of the molecule is C[C@@H]1CN(C(=O)COc2ccc3c(c2)OCO3)C[C@@]1(O)C1CCC1. The third-order valence-corrected chi connectivity index (χ3v) is 5.66. The molecule has 2 heterocycles. The van der Waals surface area contributed by atoms with E-state index in [4.69, 9.17) is 14.2 Å². The first kappa shape index (κ1) is 15.6. The fourth-order valence-electron chi connectivity index (χ4n) is 3.85. The molecular weight excluding hydrogens is 310 g/mol. The molecule has 1 aromatic rings. The number of aliphatic hydroxyl groups is 1. The molecule has 24 heavy (non-hydrogen) atoms. The van der Waals surface area contributed by atoms with Crippen molar-refractivity contribution in [3.63, 3.8) is 0 Å². The fraction of sp³-hybridized carbons (Fsp3) is 0.611. The first-order valence-corrected chi connectivity index (χ1v) is 8.59. The van der Waals surface area contributed by atoms with E-state index >= 15 is 0 Å².